The first kappa shape index (κ1) is 13.4. The molecule has 92 valence electrons. The van der Waals surface area contributed by atoms with Crippen LogP contribution in [0.5, 0.6) is 0 Å². The van der Waals surface area contributed by atoms with Crippen LogP contribution >= 0.6 is 12.2 Å². The summed E-state index contributed by atoms with van der Waals surface area (Å²) in [5.41, 5.74) is 5.44. The molecule has 1 amide bonds. The van der Waals surface area contributed by atoms with Crippen molar-refractivity contribution in [2.45, 2.75) is 57.9 Å². The van der Waals surface area contributed by atoms with E-state index >= 15 is 0 Å². The summed E-state index contributed by atoms with van der Waals surface area (Å²) in [5.74, 6) is 0.825. The summed E-state index contributed by atoms with van der Waals surface area (Å²) in [4.78, 5) is 11.9. The Balaban J connectivity index is 2.16. The van der Waals surface area contributed by atoms with Gasteiger partial charge in [0.05, 0.1) is 11.0 Å². The van der Waals surface area contributed by atoms with Crippen molar-refractivity contribution < 1.29 is 4.79 Å². The highest BCUT2D eigenvalue weighted by atomic mass is 32.1. The van der Waals surface area contributed by atoms with Crippen LogP contribution in [0.1, 0.15) is 51.9 Å². The lowest BCUT2D eigenvalue weighted by Gasteiger charge is -2.21. The van der Waals surface area contributed by atoms with E-state index in [2.05, 4.69) is 5.32 Å². The standard InChI is InChI=1S/C12H22N2OS/c1-9(12(13)16)14-11(15)8-7-10-5-3-2-4-6-10/h9-10H,2-8H2,1H3,(H2,13,16)(H,14,15). The van der Waals surface area contributed by atoms with Gasteiger partial charge in [-0.05, 0) is 19.3 Å². The van der Waals surface area contributed by atoms with Gasteiger partial charge in [-0.15, -0.1) is 0 Å². The summed E-state index contributed by atoms with van der Waals surface area (Å²) in [5, 5.41) is 2.81. The highest BCUT2D eigenvalue weighted by Crippen LogP contribution is 2.27. The van der Waals surface area contributed by atoms with Crippen LogP contribution in [-0.4, -0.2) is 16.9 Å². The van der Waals surface area contributed by atoms with Gasteiger partial charge in [-0.2, -0.15) is 0 Å². The maximum atomic E-state index is 11.6. The molecule has 0 radical (unpaired) electrons. The molecule has 0 heterocycles. The molecule has 0 aliphatic heterocycles. The molecule has 4 heteroatoms. The maximum absolute atomic E-state index is 11.6. The van der Waals surface area contributed by atoms with Gasteiger partial charge in [0.2, 0.25) is 5.91 Å². The second-order valence-electron chi connectivity index (χ2n) is 4.73. The van der Waals surface area contributed by atoms with Gasteiger partial charge in [-0.25, -0.2) is 0 Å². The number of thiocarbonyl (C=S) groups is 1. The lowest BCUT2D eigenvalue weighted by atomic mass is 9.86. The first-order valence-electron chi connectivity index (χ1n) is 6.18. The Bertz CT molecular complexity index is 249. The summed E-state index contributed by atoms with van der Waals surface area (Å²) < 4.78 is 0. The van der Waals surface area contributed by atoms with E-state index < -0.39 is 0 Å². The van der Waals surface area contributed by atoms with E-state index in [0.29, 0.717) is 11.4 Å². The minimum Gasteiger partial charge on any atom is -0.392 e. The van der Waals surface area contributed by atoms with E-state index in [-0.39, 0.29) is 11.9 Å². The third-order valence-corrected chi connectivity index (χ3v) is 3.66. The molecule has 3 nitrogen and oxygen atoms in total. The van der Waals surface area contributed by atoms with Gasteiger partial charge in [0.25, 0.3) is 0 Å². The first-order chi connectivity index (χ1) is 7.59. The molecule has 0 aromatic carbocycles. The third kappa shape index (κ3) is 4.92. The van der Waals surface area contributed by atoms with Gasteiger partial charge in [-0.3, -0.25) is 4.79 Å². The Morgan fingerprint density at radius 3 is 2.62 bits per heavy atom. The fourth-order valence-electron chi connectivity index (χ4n) is 2.20. The monoisotopic (exact) mass is 242 g/mol. The molecule has 16 heavy (non-hydrogen) atoms. The minimum absolute atomic E-state index is 0.0749. The molecule has 1 atom stereocenters. The Morgan fingerprint density at radius 1 is 1.44 bits per heavy atom. The van der Waals surface area contributed by atoms with Gasteiger partial charge in [0.15, 0.2) is 0 Å². The van der Waals surface area contributed by atoms with E-state index in [1.54, 1.807) is 0 Å². The average molecular weight is 242 g/mol. The average Bonchev–Trinajstić information content (AvgIpc) is 2.27. The topological polar surface area (TPSA) is 55.1 Å². The van der Waals surface area contributed by atoms with Crippen molar-refractivity contribution >= 4 is 23.1 Å². The van der Waals surface area contributed by atoms with Crippen LogP contribution in [0.4, 0.5) is 0 Å². The van der Waals surface area contributed by atoms with Crippen molar-refractivity contribution in [3.63, 3.8) is 0 Å². The molecule has 1 aliphatic carbocycles. The van der Waals surface area contributed by atoms with Crippen LogP contribution in [0.25, 0.3) is 0 Å². The first-order valence-corrected chi connectivity index (χ1v) is 6.59. The van der Waals surface area contributed by atoms with Gasteiger partial charge in [0, 0.05) is 6.42 Å². The number of hydrogen-bond donors (Lipinski definition) is 2. The largest absolute Gasteiger partial charge is 0.392 e. The molecule has 0 saturated heterocycles. The Hall–Kier alpha value is -0.640. The number of carbonyl (C=O) groups excluding carboxylic acids is 1. The van der Waals surface area contributed by atoms with E-state index in [9.17, 15) is 4.79 Å². The second-order valence-corrected chi connectivity index (χ2v) is 5.21. The SMILES string of the molecule is CC(NC(=O)CCC1CCCCC1)C(N)=S. The van der Waals surface area contributed by atoms with E-state index in [4.69, 9.17) is 18.0 Å². The highest BCUT2D eigenvalue weighted by Gasteiger charge is 2.15. The molecule has 1 fully saturated rings. The maximum Gasteiger partial charge on any atom is 0.220 e. The van der Waals surface area contributed by atoms with E-state index in [1.165, 1.54) is 32.1 Å². The summed E-state index contributed by atoms with van der Waals surface area (Å²) in [7, 11) is 0. The minimum atomic E-state index is -0.186. The molecule has 1 aliphatic rings. The molecule has 0 aromatic heterocycles. The van der Waals surface area contributed by atoms with E-state index in [0.717, 1.165) is 12.3 Å². The Labute approximate surface area is 103 Å². The molecule has 1 rings (SSSR count). The zero-order valence-electron chi connectivity index (χ0n) is 10.00. The van der Waals surface area contributed by atoms with Crippen LogP contribution < -0.4 is 11.1 Å². The molecule has 1 unspecified atom stereocenters. The number of nitrogens with one attached hydrogen (secondary N) is 1. The second kappa shape index (κ2) is 6.84. The van der Waals surface area contributed by atoms with Gasteiger partial charge < -0.3 is 11.1 Å². The van der Waals surface area contributed by atoms with Crippen LogP contribution in [0.15, 0.2) is 0 Å². The number of nitrogens with two attached hydrogens (primary N) is 1. The molecule has 1 saturated carbocycles. The van der Waals surface area contributed by atoms with Crippen molar-refractivity contribution in [3.05, 3.63) is 0 Å². The van der Waals surface area contributed by atoms with Crippen molar-refractivity contribution in [2.75, 3.05) is 0 Å². The number of rotatable bonds is 5. The molecule has 3 N–H and O–H groups in total. The van der Waals surface area contributed by atoms with Gasteiger partial charge in [0.1, 0.15) is 0 Å². The Kier molecular flexibility index (Phi) is 5.74. The molecular weight excluding hydrogens is 220 g/mol. The van der Waals surface area contributed by atoms with Crippen LogP contribution in [-0.2, 0) is 4.79 Å². The van der Waals surface area contributed by atoms with Crippen molar-refractivity contribution in [1.82, 2.24) is 5.32 Å². The molecule has 0 spiro atoms. The van der Waals surface area contributed by atoms with Crippen LogP contribution in [0.3, 0.4) is 0 Å². The zero-order valence-corrected chi connectivity index (χ0v) is 10.8. The Morgan fingerprint density at radius 2 is 2.06 bits per heavy atom. The zero-order chi connectivity index (χ0) is 12.0. The van der Waals surface area contributed by atoms with Crippen molar-refractivity contribution in [3.8, 4) is 0 Å². The fraction of sp³-hybridized carbons (Fsp3) is 0.833. The predicted octanol–water partition coefficient (Wildman–Crippen LogP) is 2.14. The van der Waals surface area contributed by atoms with Crippen LogP contribution in [0, 0.1) is 5.92 Å². The lowest BCUT2D eigenvalue weighted by molar-refractivity contribution is -0.121. The van der Waals surface area contributed by atoms with Crippen molar-refractivity contribution in [1.29, 1.82) is 0 Å². The molecule has 0 bridgehead atoms. The normalized spacial score (nSPS) is 19.1. The number of amides is 1. The van der Waals surface area contributed by atoms with E-state index in [1.807, 2.05) is 6.92 Å². The summed E-state index contributed by atoms with van der Waals surface area (Å²) in [6.07, 6.45) is 8.22. The summed E-state index contributed by atoms with van der Waals surface area (Å²) >= 11 is 4.81. The number of hydrogen-bond acceptors (Lipinski definition) is 2. The van der Waals surface area contributed by atoms with Gasteiger partial charge >= 0.3 is 0 Å². The smallest absolute Gasteiger partial charge is 0.220 e. The lowest BCUT2D eigenvalue weighted by Crippen LogP contribution is -2.41. The molecular formula is C12H22N2OS. The van der Waals surface area contributed by atoms with Gasteiger partial charge in [-0.1, -0.05) is 44.3 Å². The summed E-state index contributed by atoms with van der Waals surface area (Å²) in [6, 6.07) is -0.186. The predicted molar refractivity (Wildman–Crippen MR) is 70.2 cm³/mol. The van der Waals surface area contributed by atoms with Crippen molar-refractivity contribution in [2.24, 2.45) is 11.7 Å². The van der Waals surface area contributed by atoms with Crippen LogP contribution in [0.2, 0.25) is 0 Å². The quantitative estimate of drug-likeness (QED) is 0.726. The number of carbonyl (C=O) groups is 1. The highest BCUT2D eigenvalue weighted by molar-refractivity contribution is 7.80. The third-order valence-electron chi connectivity index (χ3n) is 3.31. The fourth-order valence-corrected chi connectivity index (χ4v) is 2.25. The summed E-state index contributed by atoms with van der Waals surface area (Å²) in [6.45, 7) is 1.82. The molecule has 0 aromatic rings.